The third kappa shape index (κ3) is 2.80. The fourth-order valence-electron chi connectivity index (χ4n) is 1.80. The van der Waals surface area contributed by atoms with Crippen LogP contribution < -0.4 is 4.74 Å². The van der Waals surface area contributed by atoms with Crippen molar-refractivity contribution in [2.24, 2.45) is 0 Å². The number of aldehydes is 1. The second-order valence-corrected chi connectivity index (χ2v) is 4.00. The van der Waals surface area contributed by atoms with Crippen LogP contribution in [0.2, 0.25) is 0 Å². The Bertz CT molecular complexity index is 632. The number of carbonyl (C=O) groups excluding carboxylic acids is 1. The Morgan fingerprint density at radius 1 is 1.16 bits per heavy atom. The van der Waals surface area contributed by atoms with Crippen molar-refractivity contribution in [1.29, 1.82) is 0 Å². The van der Waals surface area contributed by atoms with Crippen molar-refractivity contribution in [3.8, 4) is 16.9 Å². The van der Waals surface area contributed by atoms with E-state index in [1.807, 2.05) is 6.07 Å². The topological polar surface area (TPSA) is 63.6 Å². The number of rotatable bonds is 4. The van der Waals surface area contributed by atoms with Gasteiger partial charge < -0.3 is 9.84 Å². The van der Waals surface area contributed by atoms with Gasteiger partial charge in [-0.05, 0) is 35.4 Å². The van der Waals surface area contributed by atoms with Crippen LogP contribution >= 0.6 is 0 Å². The van der Waals surface area contributed by atoms with Crippen LogP contribution in [-0.2, 0) is 0 Å². The van der Waals surface area contributed by atoms with Gasteiger partial charge >= 0.3 is 5.97 Å². The molecule has 0 heterocycles. The maximum Gasteiger partial charge on any atom is 0.335 e. The molecule has 96 valence electrons. The number of ether oxygens (including phenoxy) is 1. The van der Waals surface area contributed by atoms with E-state index in [0.29, 0.717) is 16.9 Å². The number of methoxy groups -OCH3 is 1. The van der Waals surface area contributed by atoms with Gasteiger partial charge in [-0.3, -0.25) is 4.79 Å². The van der Waals surface area contributed by atoms with Crippen LogP contribution in [0, 0.1) is 0 Å². The third-order valence-electron chi connectivity index (χ3n) is 2.75. The van der Waals surface area contributed by atoms with Gasteiger partial charge in [-0.25, -0.2) is 4.79 Å². The molecule has 4 nitrogen and oxygen atoms in total. The van der Waals surface area contributed by atoms with Crippen LogP contribution in [0.5, 0.6) is 5.75 Å². The Morgan fingerprint density at radius 3 is 2.58 bits per heavy atom. The number of benzene rings is 2. The first-order valence-electron chi connectivity index (χ1n) is 5.62. The minimum atomic E-state index is -1.02. The fourth-order valence-corrected chi connectivity index (χ4v) is 1.80. The van der Waals surface area contributed by atoms with Crippen LogP contribution in [-0.4, -0.2) is 24.5 Å². The minimum Gasteiger partial charge on any atom is -0.497 e. The summed E-state index contributed by atoms with van der Waals surface area (Å²) in [5.41, 5.74) is 2.15. The highest BCUT2D eigenvalue weighted by Gasteiger charge is 2.09. The van der Waals surface area contributed by atoms with Gasteiger partial charge in [0.05, 0.1) is 12.7 Å². The maximum absolute atomic E-state index is 11.1. The number of hydrogen-bond donors (Lipinski definition) is 1. The number of carbonyl (C=O) groups is 2. The molecule has 0 aliphatic rings. The van der Waals surface area contributed by atoms with E-state index in [1.165, 1.54) is 13.2 Å². The zero-order chi connectivity index (χ0) is 13.8. The smallest absolute Gasteiger partial charge is 0.335 e. The average molecular weight is 256 g/mol. The highest BCUT2D eigenvalue weighted by atomic mass is 16.5. The Morgan fingerprint density at radius 2 is 1.95 bits per heavy atom. The normalized spacial score (nSPS) is 9.95. The average Bonchev–Trinajstić information content (AvgIpc) is 2.46. The van der Waals surface area contributed by atoms with E-state index in [1.54, 1.807) is 30.3 Å². The lowest BCUT2D eigenvalue weighted by molar-refractivity contribution is 0.0696. The first-order chi connectivity index (χ1) is 9.13. The van der Waals surface area contributed by atoms with Gasteiger partial charge in [0.25, 0.3) is 0 Å². The van der Waals surface area contributed by atoms with Gasteiger partial charge in [0.2, 0.25) is 0 Å². The van der Waals surface area contributed by atoms with Crippen molar-refractivity contribution < 1.29 is 19.4 Å². The molecule has 0 amide bonds. The van der Waals surface area contributed by atoms with Crippen LogP contribution in [0.1, 0.15) is 20.7 Å². The molecular weight excluding hydrogens is 244 g/mol. The summed E-state index contributed by atoms with van der Waals surface area (Å²) in [5.74, 6) is -0.557. The van der Waals surface area contributed by atoms with Gasteiger partial charge in [0.1, 0.15) is 12.0 Å². The number of aromatic carboxylic acids is 1. The summed E-state index contributed by atoms with van der Waals surface area (Å²) in [6.07, 6.45) is 0.752. The van der Waals surface area contributed by atoms with Gasteiger partial charge in [0, 0.05) is 5.56 Å². The largest absolute Gasteiger partial charge is 0.497 e. The molecule has 2 aromatic rings. The molecular formula is C15H12O4. The van der Waals surface area contributed by atoms with E-state index in [0.717, 1.165) is 11.8 Å². The van der Waals surface area contributed by atoms with Gasteiger partial charge in [-0.15, -0.1) is 0 Å². The first-order valence-corrected chi connectivity index (χ1v) is 5.62. The Labute approximate surface area is 110 Å². The van der Waals surface area contributed by atoms with Crippen LogP contribution in [0.4, 0.5) is 0 Å². The summed E-state index contributed by atoms with van der Waals surface area (Å²) in [5, 5.41) is 9.07. The Hall–Kier alpha value is -2.62. The van der Waals surface area contributed by atoms with E-state index in [2.05, 4.69) is 0 Å². The molecule has 2 aromatic carbocycles. The minimum absolute atomic E-state index is 0.144. The van der Waals surface area contributed by atoms with Crippen molar-refractivity contribution in [2.75, 3.05) is 7.11 Å². The summed E-state index contributed by atoms with van der Waals surface area (Å²) >= 11 is 0. The highest BCUT2D eigenvalue weighted by molar-refractivity contribution is 5.90. The van der Waals surface area contributed by atoms with Crippen LogP contribution in [0.25, 0.3) is 11.1 Å². The fraction of sp³-hybridized carbons (Fsp3) is 0.0667. The first kappa shape index (κ1) is 12.8. The molecule has 0 fully saturated rings. The summed E-state index contributed by atoms with van der Waals surface area (Å²) < 4.78 is 5.09. The third-order valence-corrected chi connectivity index (χ3v) is 2.75. The Balaban J connectivity index is 2.56. The predicted molar refractivity (Wildman–Crippen MR) is 70.8 cm³/mol. The van der Waals surface area contributed by atoms with Crippen molar-refractivity contribution >= 4 is 12.3 Å². The molecule has 0 spiro atoms. The van der Waals surface area contributed by atoms with Crippen molar-refractivity contribution in [3.63, 3.8) is 0 Å². The molecule has 0 aliphatic carbocycles. The molecule has 2 rings (SSSR count). The molecule has 0 atom stereocenters. The molecule has 0 radical (unpaired) electrons. The lowest BCUT2D eigenvalue weighted by Gasteiger charge is -2.07. The number of carboxylic acid groups (broad SMARTS) is 1. The summed E-state index contributed by atoms with van der Waals surface area (Å²) in [7, 11) is 1.48. The summed E-state index contributed by atoms with van der Waals surface area (Å²) in [6, 6.07) is 11.7. The lowest BCUT2D eigenvalue weighted by atomic mass is 10.0. The van der Waals surface area contributed by atoms with E-state index in [9.17, 15) is 9.59 Å². The molecule has 0 saturated heterocycles. The van der Waals surface area contributed by atoms with Crippen molar-refractivity contribution in [2.45, 2.75) is 0 Å². The van der Waals surface area contributed by atoms with Crippen LogP contribution in [0.15, 0.2) is 42.5 Å². The lowest BCUT2D eigenvalue weighted by Crippen LogP contribution is -1.98. The monoisotopic (exact) mass is 256 g/mol. The van der Waals surface area contributed by atoms with Crippen LogP contribution in [0.3, 0.4) is 0 Å². The second kappa shape index (κ2) is 5.35. The zero-order valence-electron chi connectivity index (χ0n) is 10.3. The highest BCUT2D eigenvalue weighted by Crippen LogP contribution is 2.26. The molecule has 19 heavy (non-hydrogen) atoms. The Kier molecular flexibility index (Phi) is 3.61. The maximum atomic E-state index is 11.1. The predicted octanol–water partition coefficient (Wildman–Crippen LogP) is 2.87. The zero-order valence-corrected chi connectivity index (χ0v) is 10.3. The number of hydrogen-bond acceptors (Lipinski definition) is 3. The SMILES string of the molecule is COc1cc(C(=O)O)cc(-c2cccc(C=O)c2)c1. The van der Waals surface area contributed by atoms with Gasteiger partial charge in [0.15, 0.2) is 0 Å². The quantitative estimate of drug-likeness (QED) is 0.854. The summed E-state index contributed by atoms with van der Waals surface area (Å²) in [6.45, 7) is 0. The van der Waals surface area contributed by atoms with Gasteiger partial charge in [-0.1, -0.05) is 18.2 Å². The van der Waals surface area contributed by atoms with E-state index in [-0.39, 0.29) is 5.56 Å². The molecule has 0 unspecified atom stereocenters. The molecule has 0 aliphatic heterocycles. The number of carboxylic acids is 1. The standard InChI is InChI=1S/C15H12O4/c1-19-14-7-12(6-13(8-14)15(17)18)11-4-2-3-10(5-11)9-16/h2-9H,1H3,(H,17,18). The summed E-state index contributed by atoms with van der Waals surface area (Å²) in [4.78, 5) is 21.8. The second-order valence-electron chi connectivity index (χ2n) is 4.00. The molecule has 0 saturated carbocycles. The van der Waals surface area contributed by atoms with Crippen molar-refractivity contribution in [3.05, 3.63) is 53.6 Å². The van der Waals surface area contributed by atoms with E-state index >= 15 is 0 Å². The van der Waals surface area contributed by atoms with Gasteiger partial charge in [-0.2, -0.15) is 0 Å². The van der Waals surface area contributed by atoms with E-state index < -0.39 is 5.97 Å². The molecule has 4 heteroatoms. The molecule has 1 N–H and O–H groups in total. The molecule has 0 bridgehead atoms. The van der Waals surface area contributed by atoms with Crippen molar-refractivity contribution in [1.82, 2.24) is 0 Å². The molecule has 0 aromatic heterocycles. The van der Waals surface area contributed by atoms with E-state index in [4.69, 9.17) is 9.84 Å².